The number of aryl methyl sites for hydroxylation is 1. The van der Waals surface area contributed by atoms with E-state index in [2.05, 4.69) is 72.9 Å². The molecular weight excluding hydrogens is 468 g/mol. The predicted molar refractivity (Wildman–Crippen MR) is 163 cm³/mol. The Hall–Kier alpha value is -2.26. The van der Waals surface area contributed by atoms with Gasteiger partial charge in [-0.2, -0.15) is 0 Å². The number of halogens is 1. The first kappa shape index (κ1) is 26.8. The highest BCUT2D eigenvalue weighted by atomic mass is 32.1. The van der Waals surface area contributed by atoms with Gasteiger partial charge in [0.25, 0.3) is 0 Å². The van der Waals surface area contributed by atoms with Crippen molar-refractivity contribution in [3.63, 3.8) is 0 Å². The van der Waals surface area contributed by atoms with E-state index in [-0.39, 0.29) is 34.9 Å². The molecule has 2 N–H and O–H groups in total. The lowest BCUT2D eigenvalue weighted by molar-refractivity contribution is 0.116. The summed E-state index contributed by atoms with van der Waals surface area (Å²) in [4.78, 5) is 18.9. The molecule has 0 radical (unpaired) electrons. The van der Waals surface area contributed by atoms with Crippen LogP contribution in [0.4, 0.5) is 15.0 Å². The van der Waals surface area contributed by atoms with Gasteiger partial charge < -0.3 is 10.2 Å². The SMILES string of the molecule is BC(B)(B)C(N[C@H]1CCN(C(=O)Nc2cc3cc(-c4nnc(C)s4)ccc3cn2)C[C@@H]1F)C(B)(B)B. The number of rotatable bonds is 6. The van der Waals surface area contributed by atoms with E-state index >= 15 is 4.39 Å². The third-order valence-electron chi connectivity index (χ3n) is 6.67. The molecule has 1 saturated heterocycles. The highest BCUT2D eigenvalue weighted by molar-refractivity contribution is 7.14. The standard InChI is InChI=1S/C21H31B6FN6OS/c1-10-32-33-17(36-10)11-2-3-12-8-29-16(7-13(12)6-11)31-19(35)34-5-4-15(14(28)9-34)30-18(20(22,23)24)21(25,26)27/h2-3,6-8,14-15,18,30H,4-5,9,22-27H2,1H3,(H,29,31,35)/t14-,15-/m0/s1. The van der Waals surface area contributed by atoms with Gasteiger partial charge in [-0.15, -0.1) is 10.2 Å². The topological polar surface area (TPSA) is 83.0 Å². The fraction of sp³-hybridized carbons (Fsp3) is 0.429. The van der Waals surface area contributed by atoms with E-state index in [1.54, 1.807) is 11.1 Å². The zero-order chi connectivity index (χ0) is 26.3. The Labute approximate surface area is 221 Å². The molecule has 3 heterocycles. The predicted octanol–water partition coefficient (Wildman–Crippen LogP) is -2.09. The van der Waals surface area contributed by atoms with Crippen LogP contribution in [0.25, 0.3) is 21.3 Å². The Morgan fingerprint density at radius 3 is 2.47 bits per heavy atom. The van der Waals surface area contributed by atoms with Crippen molar-refractivity contribution in [1.82, 2.24) is 25.4 Å². The van der Waals surface area contributed by atoms with E-state index in [1.807, 2.05) is 31.2 Å². The lowest BCUT2D eigenvalue weighted by atomic mass is 9.27. The van der Waals surface area contributed by atoms with Gasteiger partial charge in [-0.25, -0.2) is 14.2 Å². The minimum Gasteiger partial charge on any atom is -0.321 e. The molecule has 0 aliphatic carbocycles. The second-order valence-electron chi connectivity index (χ2n) is 11.9. The van der Waals surface area contributed by atoms with E-state index < -0.39 is 6.17 Å². The Bertz CT molecular complexity index is 1240. The fourth-order valence-electron chi connectivity index (χ4n) is 5.23. The number of nitrogens with zero attached hydrogens (tertiary/aromatic N) is 4. The molecule has 1 aromatic carbocycles. The molecule has 2 atom stereocenters. The van der Waals surface area contributed by atoms with Crippen LogP contribution in [0.15, 0.2) is 30.5 Å². The number of piperidine rings is 1. The summed E-state index contributed by atoms with van der Waals surface area (Å²) in [7, 11) is 13.1. The lowest BCUT2D eigenvalue weighted by Gasteiger charge is -2.46. The zero-order valence-corrected chi connectivity index (χ0v) is 23.0. The van der Waals surface area contributed by atoms with Gasteiger partial charge >= 0.3 is 6.03 Å². The van der Waals surface area contributed by atoms with Crippen LogP contribution in [0, 0.1) is 6.92 Å². The van der Waals surface area contributed by atoms with Crippen molar-refractivity contribution in [3.05, 3.63) is 35.5 Å². The molecule has 1 aliphatic rings. The normalized spacial score (nSPS) is 19.0. The summed E-state index contributed by atoms with van der Waals surface area (Å²) in [6.07, 6.45) is 1.15. The number of aromatic nitrogens is 3. The molecule has 0 unspecified atom stereocenters. The molecule has 1 aliphatic heterocycles. The molecular formula is C21H31B6FN6OS. The first-order valence-electron chi connectivity index (χ1n) is 12.5. The first-order chi connectivity index (χ1) is 16.8. The van der Waals surface area contributed by atoms with Gasteiger partial charge in [0.05, 0.1) is 53.6 Å². The molecule has 2 aromatic heterocycles. The van der Waals surface area contributed by atoms with E-state index in [1.165, 1.54) is 11.3 Å². The summed E-state index contributed by atoms with van der Waals surface area (Å²) < 4.78 is 15.2. The van der Waals surface area contributed by atoms with Gasteiger partial charge in [-0.05, 0) is 36.9 Å². The van der Waals surface area contributed by atoms with Crippen molar-refractivity contribution in [2.45, 2.75) is 41.8 Å². The van der Waals surface area contributed by atoms with E-state index in [0.717, 1.165) is 26.4 Å². The van der Waals surface area contributed by atoms with Gasteiger partial charge in [-0.1, -0.05) is 33.7 Å². The highest BCUT2D eigenvalue weighted by Crippen LogP contribution is 2.32. The number of pyridine rings is 1. The van der Waals surface area contributed by atoms with Crippen LogP contribution in [0.2, 0.25) is 10.2 Å². The molecule has 1 fully saturated rings. The van der Waals surface area contributed by atoms with E-state index in [9.17, 15) is 4.79 Å². The van der Waals surface area contributed by atoms with E-state index in [0.29, 0.717) is 18.8 Å². The van der Waals surface area contributed by atoms with Crippen LogP contribution < -0.4 is 10.6 Å². The van der Waals surface area contributed by atoms with Crippen LogP contribution >= 0.6 is 11.3 Å². The summed E-state index contributed by atoms with van der Waals surface area (Å²) in [5.74, 6) is 0.439. The summed E-state index contributed by atoms with van der Waals surface area (Å²) >= 11 is 1.53. The maximum absolute atomic E-state index is 15.2. The van der Waals surface area contributed by atoms with Gasteiger partial charge in [0.1, 0.15) is 22.0 Å². The fourth-order valence-corrected chi connectivity index (χ4v) is 5.92. The number of hydrogen-bond acceptors (Lipinski definition) is 6. The molecule has 0 bridgehead atoms. The third-order valence-corrected chi connectivity index (χ3v) is 7.56. The third kappa shape index (κ3) is 6.17. The van der Waals surface area contributed by atoms with Crippen molar-refractivity contribution in [3.8, 4) is 10.6 Å². The number of likely N-dealkylation sites (tertiary alicyclic amines) is 1. The monoisotopic (exact) mass is 500 g/mol. The lowest BCUT2D eigenvalue weighted by Crippen LogP contribution is -2.60. The number of amides is 2. The Morgan fingerprint density at radius 2 is 1.86 bits per heavy atom. The molecule has 0 saturated carbocycles. The maximum Gasteiger partial charge on any atom is 0.323 e. The minimum atomic E-state index is -1.14. The molecule has 0 spiro atoms. The average molecular weight is 499 g/mol. The van der Waals surface area contributed by atoms with Crippen LogP contribution in [0.1, 0.15) is 11.4 Å². The zero-order valence-electron chi connectivity index (χ0n) is 22.2. The van der Waals surface area contributed by atoms with Crippen LogP contribution in [-0.4, -0.2) is 105 Å². The first-order valence-corrected chi connectivity index (χ1v) is 13.3. The average Bonchev–Trinajstić information content (AvgIpc) is 3.22. The molecule has 7 nitrogen and oxygen atoms in total. The Balaban J connectivity index is 1.41. The molecule has 182 valence electrons. The van der Waals surface area contributed by atoms with Crippen LogP contribution in [-0.2, 0) is 0 Å². The number of carbonyl (C=O) groups is 1. The second-order valence-corrected chi connectivity index (χ2v) is 13.1. The molecule has 2 amide bonds. The number of nitrogens with one attached hydrogen (secondary N) is 2. The van der Waals surface area contributed by atoms with Crippen molar-refractivity contribution in [2.75, 3.05) is 18.4 Å². The number of urea groups is 1. The summed E-state index contributed by atoms with van der Waals surface area (Å²) in [5, 5.41) is 18.4. The summed E-state index contributed by atoms with van der Waals surface area (Å²) in [5.41, 5.74) is 0.968. The van der Waals surface area contributed by atoms with Crippen molar-refractivity contribution in [1.29, 1.82) is 0 Å². The quantitative estimate of drug-likeness (QED) is 0.381. The number of hydrogen-bond donors (Lipinski definition) is 2. The second kappa shape index (κ2) is 10.2. The molecule has 3 aromatic rings. The molecule has 36 heavy (non-hydrogen) atoms. The van der Waals surface area contributed by atoms with Gasteiger partial charge in [-0.3, -0.25) is 5.32 Å². The number of carbonyl (C=O) groups excluding carboxylic acids is 1. The number of alkyl halides is 1. The van der Waals surface area contributed by atoms with Gasteiger partial charge in [0.15, 0.2) is 0 Å². The largest absolute Gasteiger partial charge is 0.323 e. The smallest absolute Gasteiger partial charge is 0.321 e. The van der Waals surface area contributed by atoms with Crippen LogP contribution in [0.3, 0.4) is 0 Å². The summed E-state index contributed by atoms with van der Waals surface area (Å²) in [6.45, 7) is 2.46. The Kier molecular flexibility index (Phi) is 7.62. The maximum atomic E-state index is 15.2. The number of anilines is 1. The number of benzene rings is 1. The van der Waals surface area contributed by atoms with E-state index in [4.69, 9.17) is 0 Å². The minimum absolute atomic E-state index is 0.0109. The number of fused-ring (bicyclic) bond motifs is 1. The van der Waals surface area contributed by atoms with Gasteiger partial charge in [0.2, 0.25) is 0 Å². The van der Waals surface area contributed by atoms with Crippen LogP contribution in [0.5, 0.6) is 0 Å². The highest BCUT2D eigenvalue weighted by Gasteiger charge is 2.39. The van der Waals surface area contributed by atoms with Crippen molar-refractivity contribution >= 4 is 81.0 Å². The van der Waals surface area contributed by atoms with Crippen molar-refractivity contribution in [2.24, 2.45) is 0 Å². The summed E-state index contributed by atoms with van der Waals surface area (Å²) in [6, 6.07) is 7.36. The van der Waals surface area contributed by atoms with Crippen molar-refractivity contribution < 1.29 is 9.18 Å². The van der Waals surface area contributed by atoms with Gasteiger partial charge in [0, 0.05) is 29.7 Å². The molecule has 4 rings (SSSR count). The Morgan fingerprint density at radius 1 is 1.14 bits per heavy atom. The molecule has 15 heteroatoms.